The third kappa shape index (κ3) is 4.15. The van der Waals surface area contributed by atoms with Gasteiger partial charge in [0.05, 0.1) is 6.61 Å². The first-order chi connectivity index (χ1) is 11.6. The maximum Gasteiger partial charge on any atom is 0.351 e. The second-order valence-corrected chi connectivity index (χ2v) is 6.60. The number of rotatable bonds is 5. The fourth-order valence-electron chi connectivity index (χ4n) is 2.65. The Balaban J connectivity index is 0.00000338. The largest absolute Gasteiger partial charge is 0.455 e. The zero-order valence-electron chi connectivity index (χ0n) is 14.7. The highest BCUT2D eigenvalue weighted by molar-refractivity contribution is 5.85. The van der Waals surface area contributed by atoms with Crippen LogP contribution in [0.1, 0.15) is 27.0 Å². The summed E-state index contributed by atoms with van der Waals surface area (Å²) >= 11 is 0. The second-order valence-electron chi connectivity index (χ2n) is 6.60. The zero-order chi connectivity index (χ0) is 18.9. The van der Waals surface area contributed by atoms with Gasteiger partial charge in [-0.15, -0.1) is 12.4 Å². The normalized spacial score (nSPS) is 29.3. The fraction of sp³-hybridized carbons (Fsp3) is 0.667. The second kappa shape index (κ2) is 8.31. The first-order valence-corrected chi connectivity index (χ1v) is 7.89. The van der Waals surface area contributed by atoms with Crippen LogP contribution in [0.15, 0.2) is 17.1 Å². The van der Waals surface area contributed by atoms with Gasteiger partial charge in [-0.2, -0.15) is 4.98 Å². The molecule has 10 nitrogen and oxygen atoms in total. The molecule has 0 spiro atoms. The fourth-order valence-corrected chi connectivity index (χ4v) is 2.65. The van der Waals surface area contributed by atoms with Crippen molar-refractivity contribution in [3.63, 3.8) is 0 Å². The van der Waals surface area contributed by atoms with Gasteiger partial charge in [0, 0.05) is 6.20 Å². The standard InChI is InChI=1S/C15H24N4O6.ClH/c1-7(2)10(17)12(21)25-11-8(6-20)24-13(15(11,3)23)19-5-4-9(16)18-14(19)22;/h4-5,7-8,10-11,13,20,23H,6,17H2,1-3H3,(H2,16,18,22);1H/t8-,10+,11-,13-,15-;/m1./s1. The van der Waals surface area contributed by atoms with E-state index in [0.717, 1.165) is 4.57 Å². The molecule has 6 N–H and O–H groups in total. The molecule has 148 valence electrons. The molecule has 1 aromatic heterocycles. The van der Waals surface area contributed by atoms with Crippen LogP contribution in [0.4, 0.5) is 5.82 Å². The van der Waals surface area contributed by atoms with E-state index in [9.17, 15) is 19.8 Å². The molecular formula is C15H25ClN4O6. The van der Waals surface area contributed by atoms with E-state index in [1.165, 1.54) is 19.2 Å². The monoisotopic (exact) mass is 392 g/mol. The van der Waals surface area contributed by atoms with Crippen molar-refractivity contribution in [1.82, 2.24) is 9.55 Å². The Labute approximate surface area is 156 Å². The molecule has 0 unspecified atom stereocenters. The third-order valence-electron chi connectivity index (χ3n) is 4.23. The third-order valence-corrected chi connectivity index (χ3v) is 4.23. The molecule has 0 aliphatic carbocycles. The van der Waals surface area contributed by atoms with E-state index in [-0.39, 0.29) is 24.1 Å². The molecule has 1 fully saturated rings. The van der Waals surface area contributed by atoms with Crippen LogP contribution in [0.5, 0.6) is 0 Å². The molecule has 26 heavy (non-hydrogen) atoms. The van der Waals surface area contributed by atoms with E-state index in [0.29, 0.717) is 0 Å². The minimum absolute atomic E-state index is 0. The van der Waals surface area contributed by atoms with Crippen molar-refractivity contribution in [1.29, 1.82) is 0 Å². The van der Waals surface area contributed by atoms with E-state index in [1.807, 2.05) is 0 Å². The van der Waals surface area contributed by atoms with Crippen LogP contribution in [0.3, 0.4) is 0 Å². The van der Waals surface area contributed by atoms with Crippen LogP contribution in [-0.2, 0) is 14.3 Å². The Kier molecular flexibility index (Phi) is 7.14. The molecule has 5 atom stereocenters. The van der Waals surface area contributed by atoms with Gasteiger partial charge >= 0.3 is 11.7 Å². The highest BCUT2D eigenvalue weighted by Crippen LogP contribution is 2.39. The number of hydrogen-bond acceptors (Lipinski definition) is 9. The molecule has 0 amide bonds. The SMILES string of the molecule is CC(C)[C@H](N)C(=O)O[C@@H]1[C@@H](CO)O[C@@H](n2ccc(N)nc2=O)[C@]1(C)O.Cl. The molecule has 1 aliphatic heterocycles. The average molecular weight is 393 g/mol. The smallest absolute Gasteiger partial charge is 0.351 e. The summed E-state index contributed by atoms with van der Waals surface area (Å²) in [6, 6.07) is 0.470. The summed E-state index contributed by atoms with van der Waals surface area (Å²) in [5.41, 5.74) is 8.67. The predicted octanol–water partition coefficient (Wildman–Crippen LogP) is -1.22. The Morgan fingerprint density at radius 2 is 2.15 bits per heavy atom. The first kappa shape index (κ1) is 22.3. The Morgan fingerprint density at radius 3 is 2.65 bits per heavy atom. The van der Waals surface area contributed by atoms with Crippen LogP contribution < -0.4 is 17.2 Å². The predicted molar refractivity (Wildman–Crippen MR) is 94.5 cm³/mol. The van der Waals surface area contributed by atoms with Gasteiger partial charge in [-0.05, 0) is 18.9 Å². The van der Waals surface area contributed by atoms with Crippen LogP contribution >= 0.6 is 12.4 Å². The molecular weight excluding hydrogens is 368 g/mol. The van der Waals surface area contributed by atoms with Gasteiger partial charge in [0.1, 0.15) is 23.6 Å². The topological polar surface area (TPSA) is 163 Å². The summed E-state index contributed by atoms with van der Waals surface area (Å²) in [5.74, 6) is -0.888. The number of ether oxygens (including phenoxy) is 2. The number of aliphatic hydroxyl groups excluding tert-OH is 1. The number of anilines is 1. The number of hydrogen-bond donors (Lipinski definition) is 4. The van der Waals surface area contributed by atoms with Crippen LogP contribution in [0.25, 0.3) is 0 Å². The van der Waals surface area contributed by atoms with Crippen molar-refractivity contribution in [2.75, 3.05) is 12.3 Å². The molecule has 0 radical (unpaired) electrons. The molecule has 1 saturated heterocycles. The lowest BCUT2D eigenvalue weighted by Crippen LogP contribution is -2.51. The van der Waals surface area contributed by atoms with Gasteiger partial charge in [-0.25, -0.2) is 4.79 Å². The van der Waals surface area contributed by atoms with Crippen molar-refractivity contribution in [2.24, 2.45) is 11.7 Å². The highest BCUT2D eigenvalue weighted by atomic mass is 35.5. The molecule has 1 aromatic rings. The molecule has 2 heterocycles. The lowest BCUT2D eigenvalue weighted by molar-refractivity contribution is -0.166. The summed E-state index contributed by atoms with van der Waals surface area (Å²) in [4.78, 5) is 27.8. The minimum Gasteiger partial charge on any atom is -0.455 e. The number of nitrogens with two attached hydrogens (primary N) is 2. The number of nitrogen functional groups attached to an aromatic ring is 1. The number of carbonyl (C=O) groups excluding carboxylic acids is 1. The van der Waals surface area contributed by atoms with Crippen molar-refractivity contribution >= 4 is 24.2 Å². The van der Waals surface area contributed by atoms with E-state index in [1.54, 1.807) is 13.8 Å². The Bertz CT molecular complexity index is 695. The molecule has 0 aromatic carbocycles. The van der Waals surface area contributed by atoms with Crippen molar-refractivity contribution in [3.8, 4) is 0 Å². The van der Waals surface area contributed by atoms with E-state index >= 15 is 0 Å². The number of halogens is 1. The van der Waals surface area contributed by atoms with E-state index in [2.05, 4.69) is 4.98 Å². The van der Waals surface area contributed by atoms with Gasteiger partial charge in [-0.3, -0.25) is 9.36 Å². The quantitative estimate of drug-likeness (QED) is 0.450. The summed E-state index contributed by atoms with van der Waals surface area (Å²) in [6.45, 7) is 4.32. The number of aromatic nitrogens is 2. The zero-order valence-corrected chi connectivity index (χ0v) is 15.5. The lowest BCUT2D eigenvalue weighted by atomic mass is 9.95. The summed E-state index contributed by atoms with van der Waals surface area (Å²) in [5, 5.41) is 20.4. The van der Waals surface area contributed by atoms with Crippen LogP contribution in [-0.4, -0.2) is 56.2 Å². The number of aliphatic hydroxyl groups is 2. The molecule has 0 bridgehead atoms. The van der Waals surface area contributed by atoms with Gasteiger partial charge < -0.3 is 31.2 Å². The van der Waals surface area contributed by atoms with Crippen LogP contribution in [0.2, 0.25) is 0 Å². The van der Waals surface area contributed by atoms with Crippen LogP contribution in [0, 0.1) is 5.92 Å². The first-order valence-electron chi connectivity index (χ1n) is 7.89. The minimum atomic E-state index is -1.80. The Hall–Kier alpha value is -1.72. The average Bonchev–Trinajstić information content (AvgIpc) is 2.77. The molecule has 11 heteroatoms. The number of nitrogens with zero attached hydrogens (tertiary/aromatic N) is 2. The van der Waals surface area contributed by atoms with Crippen molar-refractivity contribution in [2.45, 2.75) is 50.8 Å². The van der Waals surface area contributed by atoms with Gasteiger partial charge in [0.2, 0.25) is 0 Å². The van der Waals surface area contributed by atoms with Gasteiger partial charge in [0.15, 0.2) is 12.3 Å². The molecule has 1 aliphatic rings. The number of carbonyl (C=O) groups is 1. The maximum atomic E-state index is 12.2. The summed E-state index contributed by atoms with van der Waals surface area (Å²) < 4.78 is 11.9. The molecule has 2 rings (SSSR count). The van der Waals surface area contributed by atoms with Crippen molar-refractivity contribution < 1.29 is 24.5 Å². The maximum absolute atomic E-state index is 12.2. The van der Waals surface area contributed by atoms with Gasteiger partial charge in [0.25, 0.3) is 0 Å². The summed E-state index contributed by atoms with van der Waals surface area (Å²) in [6.07, 6.45) is -2.17. The summed E-state index contributed by atoms with van der Waals surface area (Å²) in [7, 11) is 0. The lowest BCUT2D eigenvalue weighted by Gasteiger charge is -2.30. The highest BCUT2D eigenvalue weighted by Gasteiger charge is 2.56. The van der Waals surface area contributed by atoms with Gasteiger partial charge in [-0.1, -0.05) is 13.8 Å². The Morgan fingerprint density at radius 1 is 1.54 bits per heavy atom. The van der Waals surface area contributed by atoms with E-state index in [4.69, 9.17) is 20.9 Å². The van der Waals surface area contributed by atoms with E-state index < -0.39 is 48.3 Å². The number of esters is 1. The molecule has 0 saturated carbocycles. The van der Waals surface area contributed by atoms with Crippen molar-refractivity contribution in [3.05, 3.63) is 22.7 Å².